The van der Waals surface area contributed by atoms with Crippen molar-refractivity contribution in [3.8, 4) is 0 Å². The van der Waals surface area contributed by atoms with E-state index in [0.29, 0.717) is 24.0 Å². The molecular formula is C15H24N4O2. The van der Waals surface area contributed by atoms with E-state index in [1.54, 1.807) is 6.20 Å². The number of hydrogen-bond acceptors (Lipinski definition) is 5. The Kier molecular flexibility index (Phi) is 5.92. The topological polar surface area (TPSA) is 76.1 Å². The van der Waals surface area contributed by atoms with Gasteiger partial charge >= 0.3 is 0 Å². The molecule has 6 nitrogen and oxygen atoms in total. The molecule has 1 amide bonds. The molecule has 2 atom stereocenters. The van der Waals surface area contributed by atoms with Gasteiger partial charge in [-0.1, -0.05) is 13.8 Å². The zero-order valence-electron chi connectivity index (χ0n) is 12.8. The number of rotatable bonds is 7. The number of carbonyl (C=O) groups is 1. The van der Waals surface area contributed by atoms with Crippen LogP contribution in [0.1, 0.15) is 43.6 Å². The first-order chi connectivity index (χ1) is 10.2. The number of aromatic nitrogens is 2. The summed E-state index contributed by atoms with van der Waals surface area (Å²) in [6.07, 6.45) is 6.37. The molecule has 21 heavy (non-hydrogen) atoms. The Morgan fingerprint density at radius 2 is 2.29 bits per heavy atom. The highest BCUT2D eigenvalue weighted by Crippen LogP contribution is 2.22. The number of nitrogens with one attached hydrogen (secondary N) is 2. The maximum atomic E-state index is 12.1. The van der Waals surface area contributed by atoms with Gasteiger partial charge in [0.1, 0.15) is 11.5 Å². The molecule has 0 saturated carbocycles. The van der Waals surface area contributed by atoms with Crippen molar-refractivity contribution in [2.24, 2.45) is 5.92 Å². The fourth-order valence-electron chi connectivity index (χ4n) is 2.51. The van der Waals surface area contributed by atoms with Gasteiger partial charge in [-0.05, 0) is 19.3 Å². The first-order valence-corrected chi connectivity index (χ1v) is 7.70. The van der Waals surface area contributed by atoms with Crippen LogP contribution in [0.5, 0.6) is 0 Å². The van der Waals surface area contributed by atoms with Crippen LogP contribution in [-0.2, 0) is 4.74 Å². The Bertz CT molecular complexity index is 467. The fraction of sp³-hybridized carbons (Fsp3) is 0.667. The Morgan fingerprint density at radius 3 is 3.05 bits per heavy atom. The van der Waals surface area contributed by atoms with Crippen molar-refractivity contribution in [2.75, 3.05) is 25.0 Å². The van der Waals surface area contributed by atoms with Crippen LogP contribution in [0.4, 0.5) is 5.82 Å². The molecule has 0 aromatic carbocycles. The number of carbonyl (C=O) groups excluding carboxylic acids is 1. The Labute approximate surface area is 125 Å². The van der Waals surface area contributed by atoms with Gasteiger partial charge in [0.25, 0.3) is 5.91 Å². The smallest absolute Gasteiger partial charge is 0.271 e. The van der Waals surface area contributed by atoms with E-state index in [1.165, 1.54) is 6.20 Å². The fourth-order valence-corrected chi connectivity index (χ4v) is 2.51. The Morgan fingerprint density at radius 1 is 1.43 bits per heavy atom. The Balaban J connectivity index is 1.88. The van der Waals surface area contributed by atoms with Crippen molar-refractivity contribution in [1.29, 1.82) is 0 Å². The van der Waals surface area contributed by atoms with Gasteiger partial charge in [0, 0.05) is 25.6 Å². The molecule has 2 N–H and O–H groups in total. The third-order valence-electron chi connectivity index (χ3n) is 3.70. The second kappa shape index (κ2) is 7.93. The number of amides is 1. The second-order valence-corrected chi connectivity index (χ2v) is 5.29. The van der Waals surface area contributed by atoms with E-state index in [1.807, 2.05) is 0 Å². The molecule has 1 aromatic rings. The normalized spacial score (nSPS) is 21.2. The number of hydrogen-bond donors (Lipinski definition) is 2. The summed E-state index contributed by atoms with van der Waals surface area (Å²) in [6, 6.07) is 0. The molecule has 116 valence electrons. The lowest BCUT2D eigenvalue weighted by Crippen LogP contribution is -2.33. The van der Waals surface area contributed by atoms with Gasteiger partial charge in [0.2, 0.25) is 0 Å². The van der Waals surface area contributed by atoms with Crippen molar-refractivity contribution >= 4 is 11.7 Å². The highest BCUT2D eigenvalue weighted by Gasteiger charge is 2.27. The van der Waals surface area contributed by atoms with E-state index in [-0.39, 0.29) is 12.0 Å². The van der Waals surface area contributed by atoms with E-state index in [4.69, 9.17) is 4.74 Å². The highest BCUT2D eigenvalue weighted by molar-refractivity contribution is 5.92. The average molecular weight is 292 g/mol. The number of anilines is 1. The molecule has 6 heteroatoms. The standard InChI is InChI=1S/C15H24N4O2/c1-3-6-17-14-10-16-9-12(19-14)15(20)18-8-11-5-7-21-13(11)4-2/h9-11,13H,3-8H2,1-2H3,(H,17,19)(H,18,20). The van der Waals surface area contributed by atoms with E-state index < -0.39 is 0 Å². The minimum Gasteiger partial charge on any atom is -0.378 e. The third-order valence-corrected chi connectivity index (χ3v) is 3.70. The SMILES string of the molecule is CCCNc1cncc(C(=O)NCC2CCOC2CC)n1. The van der Waals surface area contributed by atoms with Crippen molar-refractivity contribution < 1.29 is 9.53 Å². The predicted molar refractivity (Wildman–Crippen MR) is 81.3 cm³/mol. The lowest BCUT2D eigenvalue weighted by Gasteiger charge is -2.17. The largest absolute Gasteiger partial charge is 0.378 e. The van der Waals surface area contributed by atoms with Gasteiger partial charge < -0.3 is 15.4 Å². The third kappa shape index (κ3) is 4.39. The van der Waals surface area contributed by atoms with Crippen LogP contribution in [0.15, 0.2) is 12.4 Å². The van der Waals surface area contributed by atoms with Crippen LogP contribution in [0.2, 0.25) is 0 Å². The zero-order valence-corrected chi connectivity index (χ0v) is 12.8. The summed E-state index contributed by atoms with van der Waals surface area (Å²) in [5, 5.41) is 6.07. The molecule has 1 aromatic heterocycles. The Hall–Kier alpha value is -1.69. The van der Waals surface area contributed by atoms with Gasteiger partial charge in [0.15, 0.2) is 0 Å². The van der Waals surface area contributed by atoms with Gasteiger partial charge in [-0.3, -0.25) is 9.78 Å². The molecule has 1 fully saturated rings. The number of nitrogens with zero attached hydrogens (tertiary/aromatic N) is 2. The number of ether oxygens (including phenoxy) is 1. The lowest BCUT2D eigenvalue weighted by molar-refractivity contribution is 0.0825. The van der Waals surface area contributed by atoms with Crippen molar-refractivity contribution in [3.63, 3.8) is 0 Å². The first kappa shape index (κ1) is 15.7. The van der Waals surface area contributed by atoms with Gasteiger partial charge in [0.05, 0.1) is 18.5 Å². The minimum absolute atomic E-state index is 0.176. The summed E-state index contributed by atoms with van der Waals surface area (Å²) >= 11 is 0. The minimum atomic E-state index is -0.176. The quantitative estimate of drug-likeness (QED) is 0.802. The second-order valence-electron chi connectivity index (χ2n) is 5.29. The lowest BCUT2D eigenvalue weighted by atomic mass is 10.00. The summed E-state index contributed by atoms with van der Waals surface area (Å²) in [5.74, 6) is 0.859. The summed E-state index contributed by atoms with van der Waals surface area (Å²) < 4.78 is 5.63. The highest BCUT2D eigenvalue weighted by atomic mass is 16.5. The molecule has 0 aliphatic carbocycles. The van der Waals surface area contributed by atoms with Crippen LogP contribution in [0.3, 0.4) is 0 Å². The summed E-state index contributed by atoms with van der Waals surface area (Å²) in [6.45, 7) is 6.42. The summed E-state index contributed by atoms with van der Waals surface area (Å²) in [4.78, 5) is 20.5. The molecule has 0 spiro atoms. The summed E-state index contributed by atoms with van der Waals surface area (Å²) in [5.41, 5.74) is 0.350. The zero-order chi connectivity index (χ0) is 15.1. The molecule has 1 aliphatic heterocycles. The van der Waals surface area contributed by atoms with Gasteiger partial charge in [-0.15, -0.1) is 0 Å². The average Bonchev–Trinajstić information content (AvgIpc) is 2.98. The molecule has 2 rings (SSSR count). The molecule has 1 saturated heterocycles. The van der Waals surface area contributed by atoms with E-state index >= 15 is 0 Å². The van der Waals surface area contributed by atoms with Crippen LogP contribution in [-0.4, -0.2) is 41.7 Å². The van der Waals surface area contributed by atoms with E-state index in [0.717, 1.165) is 32.4 Å². The molecule has 1 aliphatic rings. The molecule has 0 radical (unpaired) electrons. The maximum Gasteiger partial charge on any atom is 0.271 e. The molecular weight excluding hydrogens is 268 g/mol. The predicted octanol–water partition coefficient (Wildman–Crippen LogP) is 1.84. The van der Waals surface area contributed by atoms with Gasteiger partial charge in [-0.25, -0.2) is 4.98 Å². The van der Waals surface area contributed by atoms with Crippen molar-refractivity contribution in [3.05, 3.63) is 18.1 Å². The van der Waals surface area contributed by atoms with Crippen LogP contribution in [0, 0.1) is 5.92 Å². The molecule has 2 heterocycles. The molecule has 0 bridgehead atoms. The van der Waals surface area contributed by atoms with Crippen LogP contribution in [0.25, 0.3) is 0 Å². The van der Waals surface area contributed by atoms with E-state index in [9.17, 15) is 4.79 Å². The van der Waals surface area contributed by atoms with Crippen LogP contribution >= 0.6 is 0 Å². The maximum absolute atomic E-state index is 12.1. The van der Waals surface area contributed by atoms with E-state index in [2.05, 4.69) is 34.4 Å². The summed E-state index contributed by atoms with van der Waals surface area (Å²) in [7, 11) is 0. The van der Waals surface area contributed by atoms with Crippen molar-refractivity contribution in [2.45, 2.75) is 39.2 Å². The van der Waals surface area contributed by atoms with Crippen molar-refractivity contribution in [1.82, 2.24) is 15.3 Å². The monoisotopic (exact) mass is 292 g/mol. The molecule has 2 unspecified atom stereocenters. The van der Waals surface area contributed by atoms with Gasteiger partial charge in [-0.2, -0.15) is 0 Å². The first-order valence-electron chi connectivity index (χ1n) is 7.70. The van der Waals surface area contributed by atoms with Crippen LogP contribution < -0.4 is 10.6 Å².